The molecule has 122 valence electrons. The lowest BCUT2D eigenvalue weighted by molar-refractivity contribution is 0.473. The summed E-state index contributed by atoms with van der Waals surface area (Å²) in [5, 5.41) is 4.72. The summed E-state index contributed by atoms with van der Waals surface area (Å²) in [6, 6.07) is 0. The fraction of sp³-hybridized carbons (Fsp3) is 0.812. The van der Waals surface area contributed by atoms with E-state index < -0.39 is 9.84 Å². The molecule has 1 rings (SSSR count). The summed E-state index contributed by atoms with van der Waals surface area (Å²) in [5.41, 5.74) is 3.44. The topological polar surface area (TPSA) is 52.0 Å². The van der Waals surface area contributed by atoms with Gasteiger partial charge in [0, 0.05) is 22.9 Å². The summed E-state index contributed by atoms with van der Waals surface area (Å²) < 4.78 is 24.9. The van der Waals surface area contributed by atoms with Crippen LogP contribution in [0.4, 0.5) is 0 Å². The van der Waals surface area contributed by atoms with E-state index in [1.807, 2.05) is 4.68 Å². The summed E-state index contributed by atoms with van der Waals surface area (Å²) in [7, 11) is -2.99. The molecule has 1 aromatic heterocycles. The van der Waals surface area contributed by atoms with Gasteiger partial charge in [0.05, 0.1) is 18.0 Å². The van der Waals surface area contributed by atoms with Crippen molar-refractivity contribution >= 4 is 9.84 Å². The van der Waals surface area contributed by atoms with Crippen LogP contribution in [0.5, 0.6) is 0 Å². The summed E-state index contributed by atoms with van der Waals surface area (Å²) in [4.78, 5) is 0. The number of hydrogen-bond acceptors (Lipinski definition) is 3. The van der Waals surface area contributed by atoms with Crippen molar-refractivity contribution in [1.29, 1.82) is 0 Å². The van der Waals surface area contributed by atoms with E-state index in [0.717, 1.165) is 17.8 Å². The lowest BCUT2D eigenvalue weighted by Gasteiger charge is -2.28. The van der Waals surface area contributed by atoms with E-state index in [1.54, 1.807) is 0 Å². The number of aromatic nitrogens is 2. The van der Waals surface area contributed by atoms with Gasteiger partial charge in [-0.2, -0.15) is 5.10 Å². The summed E-state index contributed by atoms with van der Waals surface area (Å²) >= 11 is 0. The van der Waals surface area contributed by atoms with Gasteiger partial charge in [-0.05, 0) is 11.8 Å². The molecule has 21 heavy (non-hydrogen) atoms. The average molecular weight is 314 g/mol. The predicted octanol–water partition coefficient (Wildman–Crippen LogP) is 3.09. The van der Waals surface area contributed by atoms with Crippen molar-refractivity contribution in [3.05, 3.63) is 17.0 Å². The van der Waals surface area contributed by atoms with Crippen molar-refractivity contribution in [3.63, 3.8) is 0 Å². The number of nitrogens with zero attached hydrogens (tertiary/aromatic N) is 2. The molecular weight excluding hydrogens is 284 g/mol. The normalized spacial score (nSPS) is 13.7. The van der Waals surface area contributed by atoms with E-state index in [1.165, 1.54) is 11.8 Å². The molecule has 1 heterocycles. The summed E-state index contributed by atoms with van der Waals surface area (Å²) in [6.07, 6.45) is 2.14. The van der Waals surface area contributed by atoms with E-state index >= 15 is 0 Å². The Morgan fingerprint density at radius 2 is 1.57 bits per heavy atom. The van der Waals surface area contributed by atoms with Gasteiger partial charge in [-0.1, -0.05) is 48.5 Å². The minimum absolute atomic E-state index is 0.00268. The largest absolute Gasteiger partial charge is 0.267 e. The number of aryl methyl sites for hydroxylation is 2. The first kappa shape index (κ1) is 18.2. The second-order valence-corrected chi connectivity index (χ2v) is 10.1. The Bertz CT molecular complexity index is 599. The van der Waals surface area contributed by atoms with Gasteiger partial charge in [-0.15, -0.1) is 0 Å². The molecule has 0 aliphatic heterocycles. The average Bonchev–Trinajstić information content (AvgIpc) is 2.63. The Kier molecular flexibility index (Phi) is 4.98. The molecule has 0 saturated heterocycles. The van der Waals surface area contributed by atoms with Crippen LogP contribution in [0.2, 0.25) is 0 Å². The summed E-state index contributed by atoms with van der Waals surface area (Å²) in [5.74, 6) is 0.129. The quantitative estimate of drug-likeness (QED) is 0.858. The molecule has 0 bridgehead atoms. The van der Waals surface area contributed by atoms with Gasteiger partial charge in [0.15, 0.2) is 0 Å². The van der Waals surface area contributed by atoms with E-state index in [-0.39, 0.29) is 16.6 Å². The van der Waals surface area contributed by atoms with Gasteiger partial charge in [-0.25, -0.2) is 8.42 Å². The first-order valence-corrected chi connectivity index (χ1v) is 9.61. The zero-order chi connectivity index (χ0) is 16.6. The minimum atomic E-state index is -2.99. The molecule has 0 amide bonds. The Morgan fingerprint density at radius 1 is 1.05 bits per heavy atom. The van der Waals surface area contributed by atoms with Crippen LogP contribution in [0, 0.1) is 0 Å². The third-order valence-corrected chi connectivity index (χ3v) is 4.42. The smallest absolute Gasteiger partial charge is 0.149 e. The van der Waals surface area contributed by atoms with Crippen LogP contribution < -0.4 is 0 Å². The zero-order valence-electron chi connectivity index (χ0n) is 14.7. The van der Waals surface area contributed by atoms with Gasteiger partial charge < -0.3 is 0 Å². The third kappa shape index (κ3) is 4.56. The van der Waals surface area contributed by atoms with Crippen molar-refractivity contribution < 1.29 is 8.42 Å². The van der Waals surface area contributed by atoms with Crippen LogP contribution in [-0.2, 0) is 33.6 Å². The van der Waals surface area contributed by atoms with Gasteiger partial charge in [0.25, 0.3) is 0 Å². The Balaban J connectivity index is 3.48. The third-order valence-electron chi connectivity index (χ3n) is 3.49. The highest BCUT2D eigenvalue weighted by atomic mass is 32.2. The van der Waals surface area contributed by atoms with Crippen molar-refractivity contribution in [2.75, 3.05) is 12.0 Å². The van der Waals surface area contributed by atoms with Gasteiger partial charge in [-0.3, -0.25) is 4.68 Å². The highest BCUT2D eigenvalue weighted by molar-refractivity contribution is 7.90. The highest BCUT2D eigenvalue weighted by Crippen LogP contribution is 2.36. The zero-order valence-corrected chi connectivity index (χ0v) is 15.6. The van der Waals surface area contributed by atoms with Crippen LogP contribution in [0.15, 0.2) is 0 Å². The molecule has 0 atom stereocenters. The lowest BCUT2D eigenvalue weighted by atomic mass is 9.77. The van der Waals surface area contributed by atoms with Crippen LogP contribution in [0.3, 0.4) is 0 Å². The number of sulfone groups is 1. The molecule has 0 unspecified atom stereocenters. The molecule has 0 radical (unpaired) electrons. The molecule has 0 aliphatic rings. The van der Waals surface area contributed by atoms with Crippen molar-refractivity contribution in [2.24, 2.45) is 0 Å². The van der Waals surface area contributed by atoms with Crippen LogP contribution in [-0.4, -0.2) is 30.2 Å². The molecule has 0 aromatic carbocycles. The SMILES string of the molecule is CCc1nn(CCS(C)(=O)=O)c(C(C)(C)C)c1C(C)(C)C. The molecule has 0 N–H and O–H groups in total. The maximum atomic E-state index is 11.5. The molecule has 0 fully saturated rings. The fourth-order valence-corrected chi connectivity index (χ4v) is 3.23. The molecular formula is C16H30N2O2S. The first-order valence-electron chi connectivity index (χ1n) is 7.55. The first-order chi connectivity index (χ1) is 9.27. The standard InChI is InChI=1S/C16H30N2O2S/c1-9-12-13(15(2,3)4)14(16(5,6)7)18(17-12)10-11-21(8,19)20/h9-11H2,1-8H3. The molecule has 0 saturated carbocycles. The van der Waals surface area contributed by atoms with E-state index in [2.05, 4.69) is 48.5 Å². The van der Waals surface area contributed by atoms with E-state index in [9.17, 15) is 8.42 Å². The van der Waals surface area contributed by atoms with Crippen LogP contribution >= 0.6 is 0 Å². The Morgan fingerprint density at radius 3 is 1.90 bits per heavy atom. The maximum absolute atomic E-state index is 11.5. The minimum Gasteiger partial charge on any atom is -0.267 e. The summed E-state index contributed by atoms with van der Waals surface area (Å²) in [6.45, 7) is 15.6. The van der Waals surface area contributed by atoms with Gasteiger partial charge in [0.1, 0.15) is 9.84 Å². The molecule has 5 heteroatoms. The molecule has 0 aliphatic carbocycles. The highest BCUT2D eigenvalue weighted by Gasteiger charge is 2.32. The monoisotopic (exact) mass is 314 g/mol. The predicted molar refractivity (Wildman–Crippen MR) is 88.7 cm³/mol. The second-order valence-electron chi connectivity index (χ2n) is 7.88. The molecule has 0 spiro atoms. The van der Waals surface area contributed by atoms with Crippen molar-refractivity contribution in [3.8, 4) is 0 Å². The number of rotatable bonds is 4. The molecule has 4 nitrogen and oxygen atoms in total. The molecule has 1 aromatic rings. The van der Waals surface area contributed by atoms with E-state index in [4.69, 9.17) is 5.10 Å². The van der Waals surface area contributed by atoms with Crippen LogP contribution in [0.1, 0.15) is 65.4 Å². The van der Waals surface area contributed by atoms with Crippen LogP contribution in [0.25, 0.3) is 0 Å². The van der Waals surface area contributed by atoms with Crippen molar-refractivity contribution in [1.82, 2.24) is 9.78 Å². The Labute approximate surface area is 129 Å². The van der Waals surface area contributed by atoms with Gasteiger partial charge >= 0.3 is 0 Å². The fourth-order valence-electron chi connectivity index (χ4n) is 2.72. The number of hydrogen-bond donors (Lipinski definition) is 0. The maximum Gasteiger partial charge on any atom is 0.149 e. The second kappa shape index (κ2) is 5.75. The van der Waals surface area contributed by atoms with Gasteiger partial charge in [0.2, 0.25) is 0 Å². The lowest BCUT2D eigenvalue weighted by Crippen LogP contribution is -2.26. The Hall–Kier alpha value is -0.840. The van der Waals surface area contributed by atoms with Crippen molar-refractivity contribution in [2.45, 2.75) is 72.3 Å². The van der Waals surface area contributed by atoms with E-state index in [0.29, 0.717) is 6.54 Å².